The Balaban J connectivity index is 1.48. The van der Waals surface area contributed by atoms with E-state index in [1.807, 2.05) is 4.98 Å². The first-order chi connectivity index (χ1) is 15.8. The van der Waals surface area contributed by atoms with E-state index in [0.29, 0.717) is 38.3 Å². The van der Waals surface area contributed by atoms with Crippen molar-refractivity contribution in [2.24, 2.45) is 0 Å². The van der Waals surface area contributed by atoms with Gasteiger partial charge in [0, 0.05) is 44.1 Å². The zero-order valence-electron chi connectivity index (χ0n) is 17.8. The first-order valence-corrected chi connectivity index (χ1v) is 10.2. The number of nitrogens with zero attached hydrogens (tertiary/aromatic N) is 3. The first kappa shape index (κ1) is 25.3. The van der Waals surface area contributed by atoms with E-state index in [2.05, 4.69) is 15.3 Å². The second kappa shape index (κ2) is 9.89. The lowest BCUT2D eigenvalue weighted by atomic mass is 10.1. The molecule has 2 N–H and O–H groups in total. The lowest BCUT2D eigenvalue weighted by Crippen LogP contribution is -2.43. The van der Waals surface area contributed by atoms with Gasteiger partial charge in [-0.05, 0) is 31.4 Å². The Bertz CT molecular complexity index is 1050. The second-order valence-electron chi connectivity index (χ2n) is 7.85. The summed E-state index contributed by atoms with van der Waals surface area (Å²) >= 11 is 0. The molecule has 14 heteroatoms. The lowest BCUT2D eigenvalue weighted by molar-refractivity contribution is -0.139. The van der Waals surface area contributed by atoms with Crippen LogP contribution >= 0.6 is 0 Å². The maximum atomic E-state index is 12.9. The number of aromatic nitrogens is 3. The van der Waals surface area contributed by atoms with Gasteiger partial charge in [-0.1, -0.05) is 0 Å². The van der Waals surface area contributed by atoms with Crippen LogP contribution in [0.5, 0.6) is 0 Å². The van der Waals surface area contributed by atoms with Gasteiger partial charge in [-0.25, -0.2) is 14.8 Å². The van der Waals surface area contributed by atoms with Crippen molar-refractivity contribution in [3.05, 3.63) is 51.7 Å². The van der Waals surface area contributed by atoms with Crippen LogP contribution in [0.15, 0.2) is 29.5 Å². The quantitative estimate of drug-likeness (QED) is 0.614. The minimum Gasteiger partial charge on any atom is -0.446 e. The smallest absolute Gasteiger partial charge is 0.421 e. The number of halogens is 6. The van der Waals surface area contributed by atoms with E-state index in [1.54, 1.807) is 0 Å². The number of nitrogens with one attached hydrogen (secondary N) is 2. The Labute approximate surface area is 189 Å². The van der Waals surface area contributed by atoms with Gasteiger partial charge < -0.3 is 19.9 Å². The number of hydrogen-bond acceptors (Lipinski definition) is 6. The largest absolute Gasteiger partial charge is 0.446 e. The molecule has 1 atom stereocenters. The molecule has 3 heterocycles. The van der Waals surface area contributed by atoms with Gasteiger partial charge in [-0.15, -0.1) is 0 Å². The van der Waals surface area contributed by atoms with Gasteiger partial charge >= 0.3 is 18.4 Å². The number of rotatable bonds is 5. The molecule has 1 aliphatic rings. The Morgan fingerprint density at radius 1 is 1.18 bits per heavy atom. The van der Waals surface area contributed by atoms with E-state index >= 15 is 0 Å². The molecule has 2 aromatic rings. The number of ether oxygens (including phenoxy) is 1. The van der Waals surface area contributed by atoms with Crippen LogP contribution in [0.4, 0.5) is 37.1 Å². The topological polar surface area (TPSA) is 100 Å². The number of hydrogen-bond donors (Lipinski definition) is 2. The standard InChI is InChI=1S/C20H21F6N5O3/c1-11(6-12-7-15(20(24,25)26)16(32)27-8-12)34-18(33)31-4-2-14(3-5-31)30-17-28-9-13(10-29-17)19(21,22)23/h7-11,14H,2-6H2,1H3,(H,27,32)(H,28,29,30). The van der Waals surface area contributed by atoms with Crippen LogP contribution in [0.25, 0.3) is 0 Å². The fourth-order valence-electron chi connectivity index (χ4n) is 3.42. The van der Waals surface area contributed by atoms with Gasteiger partial charge in [0.15, 0.2) is 0 Å². The van der Waals surface area contributed by atoms with Gasteiger partial charge in [0.05, 0.1) is 5.56 Å². The van der Waals surface area contributed by atoms with Crippen LogP contribution in [0.1, 0.15) is 36.5 Å². The van der Waals surface area contributed by atoms with E-state index in [4.69, 9.17) is 4.74 Å². The zero-order chi connectivity index (χ0) is 25.1. The molecule has 1 unspecified atom stereocenters. The van der Waals surface area contributed by atoms with Gasteiger partial charge in [0.1, 0.15) is 11.7 Å². The Morgan fingerprint density at radius 3 is 2.35 bits per heavy atom. The fourth-order valence-corrected chi connectivity index (χ4v) is 3.42. The first-order valence-electron chi connectivity index (χ1n) is 10.2. The van der Waals surface area contributed by atoms with Crippen LogP contribution in [-0.4, -0.2) is 51.2 Å². The monoisotopic (exact) mass is 493 g/mol. The number of amides is 1. The zero-order valence-corrected chi connectivity index (χ0v) is 17.8. The highest BCUT2D eigenvalue weighted by molar-refractivity contribution is 5.68. The molecule has 2 aromatic heterocycles. The van der Waals surface area contributed by atoms with E-state index < -0.39 is 41.2 Å². The third-order valence-corrected chi connectivity index (χ3v) is 5.16. The van der Waals surface area contributed by atoms with Crippen molar-refractivity contribution in [3.8, 4) is 0 Å². The summed E-state index contributed by atoms with van der Waals surface area (Å²) in [7, 11) is 0. The molecule has 0 saturated carbocycles. The molecule has 0 aliphatic carbocycles. The maximum Gasteiger partial charge on any atom is 0.421 e. The minimum absolute atomic E-state index is 0.0329. The number of likely N-dealkylation sites (tertiary alicyclic amines) is 1. The Morgan fingerprint density at radius 2 is 1.79 bits per heavy atom. The van der Waals surface area contributed by atoms with E-state index in [9.17, 15) is 35.9 Å². The summed E-state index contributed by atoms with van der Waals surface area (Å²) in [6.07, 6.45) is -7.32. The number of carbonyl (C=O) groups excluding carboxylic acids is 1. The summed E-state index contributed by atoms with van der Waals surface area (Å²) in [6.45, 7) is 2.11. The van der Waals surface area contributed by atoms with Gasteiger partial charge in [0.25, 0.3) is 5.56 Å². The predicted octanol–water partition coefficient (Wildman–Crippen LogP) is 3.85. The number of H-pyrrole nitrogens is 1. The van der Waals surface area contributed by atoms with Crippen LogP contribution in [0.2, 0.25) is 0 Å². The average molecular weight is 493 g/mol. The molecule has 1 fully saturated rings. The van der Waals surface area contributed by atoms with Crippen LogP contribution in [-0.2, 0) is 23.5 Å². The van der Waals surface area contributed by atoms with Gasteiger partial charge in [-0.2, -0.15) is 26.3 Å². The van der Waals surface area contributed by atoms with Crippen molar-refractivity contribution in [1.82, 2.24) is 19.9 Å². The summed E-state index contributed by atoms with van der Waals surface area (Å²) in [4.78, 5) is 34.5. The maximum absolute atomic E-state index is 12.9. The summed E-state index contributed by atoms with van der Waals surface area (Å²) in [5, 5.41) is 2.93. The number of aromatic amines is 1. The Hall–Kier alpha value is -3.32. The summed E-state index contributed by atoms with van der Waals surface area (Å²) in [6, 6.07) is 0.559. The number of piperidine rings is 1. The molecule has 3 rings (SSSR count). The number of pyridine rings is 1. The summed E-state index contributed by atoms with van der Waals surface area (Å²) < 4.78 is 81.7. The molecule has 0 spiro atoms. The molecule has 1 amide bonds. The van der Waals surface area contributed by atoms with Crippen LogP contribution < -0.4 is 10.9 Å². The van der Waals surface area contributed by atoms with Crippen molar-refractivity contribution >= 4 is 12.0 Å². The molecule has 1 aliphatic heterocycles. The summed E-state index contributed by atoms with van der Waals surface area (Å²) in [5.41, 5.74) is -3.37. The van der Waals surface area contributed by atoms with E-state index in [0.717, 1.165) is 12.3 Å². The van der Waals surface area contributed by atoms with E-state index in [-0.39, 0.29) is 24.0 Å². The van der Waals surface area contributed by atoms with Crippen LogP contribution in [0.3, 0.4) is 0 Å². The average Bonchev–Trinajstić information content (AvgIpc) is 2.74. The van der Waals surface area contributed by atoms with Crippen molar-refractivity contribution in [2.75, 3.05) is 18.4 Å². The van der Waals surface area contributed by atoms with Crippen molar-refractivity contribution in [1.29, 1.82) is 0 Å². The van der Waals surface area contributed by atoms with Crippen molar-refractivity contribution in [2.45, 2.75) is 50.7 Å². The molecule has 34 heavy (non-hydrogen) atoms. The van der Waals surface area contributed by atoms with E-state index in [1.165, 1.54) is 11.8 Å². The van der Waals surface area contributed by atoms with Gasteiger partial charge in [-0.3, -0.25) is 4.79 Å². The molecule has 1 saturated heterocycles. The minimum atomic E-state index is -4.80. The normalized spacial score (nSPS) is 16.3. The number of carbonyl (C=O) groups is 1. The summed E-state index contributed by atoms with van der Waals surface area (Å²) in [5.74, 6) is 0.0433. The molecule has 8 nitrogen and oxygen atoms in total. The lowest BCUT2D eigenvalue weighted by Gasteiger charge is -2.32. The number of anilines is 1. The third-order valence-electron chi connectivity index (χ3n) is 5.16. The highest BCUT2D eigenvalue weighted by Gasteiger charge is 2.34. The predicted molar refractivity (Wildman–Crippen MR) is 107 cm³/mol. The SMILES string of the molecule is CC(Cc1c[nH]c(=O)c(C(F)(F)F)c1)OC(=O)N1CCC(Nc2ncc(C(F)(F)F)cn2)CC1. The molecule has 0 aromatic carbocycles. The van der Waals surface area contributed by atoms with Gasteiger partial charge in [0.2, 0.25) is 5.95 Å². The van der Waals surface area contributed by atoms with Crippen molar-refractivity contribution in [3.63, 3.8) is 0 Å². The second-order valence-corrected chi connectivity index (χ2v) is 7.85. The molecule has 0 radical (unpaired) electrons. The molecule has 0 bridgehead atoms. The fraction of sp³-hybridized carbons (Fsp3) is 0.500. The molecular weight excluding hydrogens is 472 g/mol. The van der Waals surface area contributed by atoms with Crippen molar-refractivity contribution < 1.29 is 35.9 Å². The van der Waals surface area contributed by atoms with Crippen LogP contribution in [0, 0.1) is 0 Å². The highest BCUT2D eigenvalue weighted by atomic mass is 19.4. The third kappa shape index (κ3) is 6.60. The molecule has 186 valence electrons. The number of alkyl halides is 6. The highest BCUT2D eigenvalue weighted by Crippen LogP contribution is 2.28. The molecular formula is C20H21F6N5O3. The Kier molecular flexibility index (Phi) is 7.36.